The van der Waals surface area contributed by atoms with Gasteiger partial charge < -0.3 is 15.2 Å². The Morgan fingerprint density at radius 2 is 1.64 bits per heavy atom. The zero-order chi connectivity index (χ0) is 17.2. The Morgan fingerprint density at radius 3 is 2.00 bits per heavy atom. The fourth-order valence-electron chi connectivity index (χ4n) is 2.57. The van der Waals surface area contributed by atoms with Crippen molar-refractivity contribution in [2.24, 2.45) is 16.7 Å². The molecule has 5 heteroatoms. The average Bonchev–Trinajstić information content (AvgIpc) is 3.09. The maximum Gasteiger partial charge on any atom is 0.407 e. The van der Waals surface area contributed by atoms with Crippen molar-refractivity contribution in [2.75, 3.05) is 6.54 Å². The van der Waals surface area contributed by atoms with Gasteiger partial charge in [0.15, 0.2) is 0 Å². The lowest BCUT2D eigenvalue weighted by Gasteiger charge is -2.33. The molecule has 22 heavy (non-hydrogen) atoms. The summed E-state index contributed by atoms with van der Waals surface area (Å²) in [6.07, 6.45) is 2.69. The van der Waals surface area contributed by atoms with Gasteiger partial charge >= 0.3 is 12.1 Å². The topological polar surface area (TPSA) is 75.6 Å². The van der Waals surface area contributed by atoms with E-state index in [0.717, 1.165) is 19.3 Å². The van der Waals surface area contributed by atoms with E-state index >= 15 is 0 Å². The molecule has 1 rings (SSSR count). The van der Waals surface area contributed by atoms with Gasteiger partial charge in [-0.05, 0) is 57.8 Å². The van der Waals surface area contributed by atoms with Crippen molar-refractivity contribution in [1.82, 2.24) is 5.32 Å². The Kier molecular flexibility index (Phi) is 5.52. The second-order valence-electron chi connectivity index (χ2n) is 8.65. The second kappa shape index (κ2) is 6.47. The van der Waals surface area contributed by atoms with Gasteiger partial charge in [0.05, 0.1) is 5.41 Å². The predicted octanol–water partition coefficient (Wildman–Crippen LogP) is 3.82. The largest absolute Gasteiger partial charge is 0.481 e. The Balaban J connectivity index is 2.74. The van der Waals surface area contributed by atoms with E-state index < -0.39 is 23.1 Å². The first-order valence-corrected chi connectivity index (χ1v) is 8.06. The number of aliphatic carboxylic acids is 1. The van der Waals surface area contributed by atoms with Crippen LogP contribution in [0.1, 0.15) is 67.2 Å². The summed E-state index contributed by atoms with van der Waals surface area (Å²) in [6, 6.07) is 0. The van der Waals surface area contributed by atoms with Crippen LogP contribution in [0, 0.1) is 16.7 Å². The van der Waals surface area contributed by atoms with Crippen LogP contribution in [0.3, 0.4) is 0 Å². The van der Waals surface area contributed by atoms with Gasteiger partial charge in [0.2, 0.25) is 0 Å². The molecule has 0 aliphatic heterocycles. The van der Waals surface area contributed by atoms with Gasteiger partial charge in [-0.3, -0.25) is 4.79 Å². The number of ether oxygens (including phenoxy) is 1. The van der Waals surface area contributed by atoms with Crippen molar-refractivity contribution in [2.45, 2.75) is 72.8 Å². The van der Waals surface area contributed by atoms with Crippen LogP contribution >= 0.6 is 0 Å². The molecular formula is C17H31NO4. The van der Waals surface area contributed by atoms with Crippen LogP contribution in [0.5, 0.6) is 0 Å². The Hall–Kier alpha value is -1.26. The molecule has 0 heterocycles. The van der Waals surface area contributed by atoms with Gasteiger partial charge in [0, 0.05) is 6.54 Å². The summed E-state index contributed by atoms with van der Waals surface area (Å²) in [7, 11) is 0. The number of hydrogen-bond acceptors (Lipinski definition) is 3. The molecule has 1 amide bonds. The second-order valence-corrected chi connectivity index (χ2v) is 8.65. The zero-order valence-electron chi connectivity index (χ0n) is 14.8. The minimum absolute atomic E-state index is 0.0709. The van der Waals surface area contributed by atoms with Crippen molar-refractivity contribution in [3.8, 4) is 0 Å². The fourth-order valence-corrected chi connectivity index (χ4v) is 2.57. The molecule has 128 valence electrons. The Labute approximate surface area is 133 Å². The first kappa shape index (κ1) is 18.8. The van der Waals surface area contributed by atoms with Crippen molar-refractivity contribution in [3.05, 3.63) is 0 Å². The summed E-state index contributed by atoms with van der Waals surface area (Å²) in [5, 5.41) is 12.5. The summed E-state index contributed by atoms with van der Waals surface area (Å²) in [4.78, 5) is 23.8. The lowest BCUT2D eigenvalue weighted by Crippen LogP contribution is -2.46. The normalized spacial score (nSPS) is 18.5. The lowest BCUT2D eigenvalue weighted by molar-refractivity contribution is -0.151. The third-order valence-corrected chi connectivity index (χ3v) is 4.05. The van der Waals surface area contributed by atoms with E-state index in [1.165, 1.54) is 0 Å². The maximum absolute atomic E-state index is 11.9. The van der Waals surface area contributed by atoms with Gasteiger partial charge in [0.25, 0.3) is 0 Å². The number of hydrogen-bond donors (Lipinski definition) is 2. The van der Waals surface area contributed by atoms with E-state index in [4.69, 9.17) is 4.74 Å². The highest BCUT2D eigenvalue weighted by atomic mass is 16.6. The minimum atomic E-state index is -0.871. The van der Waals surface area contributed by atoms with Crippen LogP contribution in [0.4, 0.5) is 4.79 Å². The third-order valence-electron chi connectivity index (χ3n) is 4.05. The summed E-state index contributed by atoms with van der Waals surface area (Å²) in [5.41, 5.74) is -1.38. The highest BCUT2D eigenvalue weighted by Crippen LogP contribution is 2.49. The minimum Gasteiger partial charge on any atom is -0.481 e. The number of amides is 1. The molecule has 1 aliphatic carbocycles. The molecular weight excluding hydrogens is 282 g/mol. The Bertz CT molecular complexity index is 415. The van der Waals surface area contributed by atoms with Crippen LogP contribution < -0.4 is 5.32 Å². The number of carbonyl (C=O) groups is 2. The molecule has 0 aromatic carbocycles. The molecule has 5 nitrogen and oxygen atoms in total. The standard InChI is InChI=1S/C17H31NO4/c1-15(2,3)9-10-17(13(19)20,12-7-8-12)11-18-14(21)22-16(4,5)6/h12H,7-11H2,1-6H3,(H,18,21)(H,19,20). The zero-order valence-corrected chi connectivity index (χ0v) is 14.8. The summed E-state index contributed by atoms with van der Waals surface area (Å²) in [5.74, 6) is -0.655. The molecule has 0 bridgehead atoms. The first-order valence-electron chi connectivity index (χ1n) is 8.06. The first-order chi connectivity index (χ1) is 9.86. The Morgan fingerprint density at radius 1 is 1.09 bits per heavy atom. The number of carbonyl (C=O) groups excluding carboxylic acids is 1. The molecule has 0 aromatic heterocycles. The number of carboxylic acids is 1. The van der Waals surface area contributed by atoms with E-state index in [0.29, 0.717) is 6.42 Å². The average molecular weight is 313 g/mol. The predicted molar refractivity (Wildman–Crippen MR) is 85.7 cm³/mol. The van der Waals surface area contributed by atoms with E-state index in [1.807, 2.05) is 0 Å². The van der Waals surface area contributed by atoms with Crippen LogP contribution in [-0.4, -0.2) is 29.3 Å². The molecule has 1 atom stereocenters. The number of rotatable bonds is 6. The van der Waals surface area contributed by atoms with Crippen LogP contribution in [0.2, 0.25) is 0 Å². The summed E-state index contributed by atoms with van der Waals surface area (Å²) < 4.78 is 5.22. The van der Waals surface area contributed by atoms with Crippen LogP contribution in [0.25, 0.3) is 0 Å². The van der Waals surface area contributed by atoms with E-state index in [2.05, 4.69) is 26.1 Å². The molecule has 1 aliphatic rings. The number of carboxylic acid groups (broad SMARTS) is 1. The van der Waals surface area contributed by atoms with Crippen molar-refractivity contribution in [3.63, 3.8) is 0 Å². The van der Waals surface area contributed by atoms with Gasteiger partial charge in [-0.1, -0.05) is 20.8 Å². The molecule has 0 saturated heterocycles. The van der Waals surface area contributed by atoms with Crippen molar-refractivity contribution >= 4 is 12.1 Å². The smallest absolute Gasteiger partial charge is 0.407 e. The molecule has 2 N–H and O–H groups in total. The summed E-state index contributed by atoms with van der Waals surface area (Å²) >= 11 is 0. The van der Waals surface area contributed by atoms with Crippen molar-refractivity contribution < 1.29 is 19.4 Å². The van der Waals surface area contributed by atoms with Crippen molar-refractivity contribution in [1.29, 1.82) is 0 Å². The maximum atomic E-state index is 11.9. The molecule has 1 unspecified atom stereocenters. The van der Waals surface area contributed by atoms with Gasteiger partial charge in [-0.2, -0.15) is 0 Å². The van der Waals surface area contributed by atoms with Gasteiger partial charge in [-0.15, -0.1) is 0 Å². The summed E-state index contributed by atoms with van der Waals surface area (Å²) in [6.45, 7) is 11.8. The number of nitrogens with one attached hydrogen (secondary N) is 1. The van der Waals surface area contributed by atoms with Crippen LogP contribution in [0.15, 0.2) is 0 Å². The highest BCUT2D eigenvalue weighted by molar-refractivity contribution is 5.77. The molecule has 0 aromatic rings. The molecule has 1 saturated carbocycles. The molecule has 0 spiro atoms. The van der Waals surface area contributed by atoms with Gasteiger partial charge in [0.1, 0.15) is 5.60 Å². The highest BCUT2D eigenvalue weighted by Gasteiger charge is 2.51. The monoisotopic (exact) mass is 313 g/mol. The fraction of sp³-hybridized carbons (Fsp3) is 0.882. The molecule has 1 fully saturated rings. The van der Waals surface area contributed by atoms with E-state index in [-0.39, 0.29) is 17.9 Å². The lowest BCUT2D eigenvalue weighted by atomic mass is 9.74. The number of alkyl carbamates (subject to hydrolysis) is 1. The molecule has 0 radical (unpaired) electrons. The third kappa shape index (κ3) is 5.85. The van der Waals surface area contributed by atoms with E-state index in [1.54, 1.807) is 20.8 Å². The quantitative estimate of drug-likeness (QED) is 0.781. The SMILES string of the molecule is CC(C)(C)CCC(CNC(=O)OC(C)(C)C)(C(=O)O)C1CC1. The van der Waals surface area contributed by atoms with Crippen LogP contribution in [-0.2, 0) is 9.53 Å². The van der Waals surface area contributed by atoms with Gasteiger partial charge in [-0.25, -0.2) is 4.79 Å². The van der Waals surface area contributed by atoms with E-state index in [9.17, 15) is 14.7 Å².